The summed E-state index contributed by atoms with van der Waals surface area (Å²) in [6.07, 6.45) is 14.1. The minimum Gasteiger partial charge on any atom is -0.300 e. The molecule has 1 aromatic rings. The molecule has 0 saturated heterocycles. The predicted molar refractivity (Wildman–Crippen MR) is 159 cm³/mol. The fraction of sp³-hybridized carbons (Fsp3) is 0.706. The van der Waals surface area contributed by atoms with Gasteiger partial charge in [-0.2, -0.15) is 0 Å². The molecule has 1 amide bonds. The zero-order valence-electron chi connectivity index (χ0n) is 25.2. The normalized spacial score (nSPS) is 35.1. The van der Waals surface area contributed by atoms with Crippen molar-refractivity contribution in [2.75, 3.05) is 0 Å². The third-order valence-electron chi connectivity index (χ3n) is 12.0. The second-order valence-corrected chi connectivity index (χ2v) is 16.0. The van der Waals surface area contributed by atoms with Gasteiger partial charge in [-0.3, -0.25) is 9.59 Å². The Bertz CT molecular complexity index is 1270. The van der Waals surface area contributed by atoms with Crippen LogP contribution in [0.4, 0.5) is 0 Å². The second-order valence-electron chi connectivity index (χ2n) is 14.3. The lowest BCUT2D eigenvalue weighted by atomic mass is 9.47. The van der Waals surface area contributed by atoms with Crippen molar-refractivity contribution < 1.29 is 18.0 Å². The predicted octanol–water partition coefficient (Wildman–Crippen LogP) is 7.39. The molecule has 5 rings (SSSR count). The third kappa shape index (κ3) is 5.34. The molecule has 0 aromatic heterocycles. The van der Waals surface area contributed by atoms with E-state index < -0.39 is 15.9 Å². The number of rotatable bonds is 8. The molecule has 4 aliphatic rings. The van der Waals surface area contributed by atoms with E-state index in [1.807, 2.05) is 13.8 Å². The number of sulfonamides is 1. The second kappa shape index (κ2) is 11.0. The van der Waals surface area contributed by atoms with Gasteiger partial charge >= 0.3 is 0 Å². The number of fused-ring (bicyclic) bond motifs is 5. The summed E-state index contributed by atoms with van der Waals surface area (Å²) in [4.78, 5) is 25.1. The van der Waals surface area contributed by atoms with E-state index in [1.54, 1.807) is 29.8 Å². The molecule has 0 aliphatic heterocycles. The number of allylic oxidation sites excluding steroid dienone is 2. The Hall–Kier alpha value is -1.95. The summed E-state index contributed by atoms with van der Waals surface area (Å²) in [5, 5.41) is 0. The number of amides is 1. The maximum atomic E-state index is 12.7. The van der Waals surface area contributed by atoms with E-state index in [2.05, 4.69) is 31.6 Å². The largest absolute Gasteiger partial charge is 0.300 e. The molecule has 8 atom stereocenters. The average molecular weight is 568 g/mol. The van der Waals surface area contributed by atoms with Gasteiger partial charge in [0.15, 0.2) is 0 Å². The average Bonchev–Trinajstić information content (AvgIpc) is 3.26. The Morgan fingerprint density at radius 2 is 1.70 bits per heavy atom. The number of nitrogens with one attached hydrogen (secondary N) is 1. The Labute approximate surface area is 242 Å². The Balaban J connectivity index is 1.16. The number of carbonyl (C=O) groups is 2. The minimum absolute atomic E-state index is 0.126. The van der Waals surface area contributed by atoms with Gasteiger partial charge in [-0.15, -0.1) is 0 Å². The topological polar surface area (TPSA) is 80.3 Å². The maximum Gasteiger partial charge on any atom is 0.264 e. The number of hydrogen-bond donors (Lipinski definition) is 1. The highest BCUT2D eigenvalue weighted by molar-refractivity contribution is 7.90. The fourth-order valence-electron chi connectivity index (χ4n) is 9.37. The summed E-state index contributed by atoms with van der Waals surface area (Å²) >= 11 is 0. The van der Waals surface area contributed by atoms with Crippen molar-refractivity contribution >= 4 is 21.7 Å². The van der Waals surface area contributed by atoms with E-state index in [-0.39, 0.29) is 10.8 Å². The monoisotopic (exact) mass is 567 g/mol. The first-order chi connectivity index (χ1) is 18.8. The minimum atomic E-state index is -3.84. The van der Waals surface area contributed by atoms with E-state index in [9.17, 15) is 18.0 Å². The molecule has 0 spiro atoms. The molecule has 5 nitrogen and oxygen atoms in total. The van der Waals surface area contributed by atoms with Crippen molar-refractivity contribution in [2.45, 2.75) is 110 Å². The van der Waals surface area contributed by atoms with E-state index >= 15 is 0 Å². The summed E-state index contributed by atoms with van der Waals surface area (Å²) < 4.78 is 27.6. The zero-order valence-corrected chi connectivity index (χ0v) is 26.0. The summed E-state index contributed by atoms with van der Waals surface area (Å²) in [6.45, 7) is 11.2. The van der Waals surface area contributed by atoms with E-state index in [0.717, 1.165) is 44.1 Å². The Morgan fingerprint density at radius 3 is 2.42 bits per heavy atom. The first-order valence-electron chi connectivity index (χ1n) is 15.7. The van der Waals surface area contributed by atoms with Gasteiger partial charge in [0.05, 0.1) is 4.90 Å². The van der Waals surface area contributed by atoms with Crippen LogP contribution in [0.2, 0.25) is 0 Å². The van der Waals surface area contributed by atoms with Crippen molar-refractivity contribution in [3.63, 3.8) is 0 Å². The molecule has 0 bridgehead atoms. The maximum absolute atomic E-state index is 12.7. The molecule has 220 valence electrons. The standard InChI is InChI=1S/C34H49NO4S/c1-22-9-12-27(13-10-22)40(38,39)35-32(37)24(3)8-6-7-23(2)29-15-16-30-28-14-11-25-21-26(36)17-19-33(25,4)31(28)18-20-34(29,30)5/h9-10,12-14,23-25,29-31H,6-8,11,15-21H2,1-5H3,(H,35,37)/t23-,24+,25+,29-,30+,31?,33+,34-/m1/s1. The Kier molecular flexibility index (Phi) is 8.15. The molecule has 6 heteroatoms. The molecular formula is C34H49NO4S. The number of carbonyl (C=O) groups excluding carboxylic acids is 2. The van der Waals surface area contributed by atoms with Gasteiger partial charge in [-0.25, -0.2) is 13.1 Å². The Morgan fingerprint density at radius 1 is 1.00 bits per heavy atom. The van der Waals surface area contributed by atoms with Gasteiger partial charge in [0.1, 0.15) is 5.78 Å². The van der Waals surface area contributed by atoms with E-state index in [1.165, 1.54) is 25.7 Å². The van der Waals surface area contributed by atoms with Gasteiger partial charge in [0, 0.05) is 18.8 Å². The lowest BCUT2D eigenvalue weighted by Gasteiger charge is -2.57. The van der Waals surface area contributed by atoms with Gasteiger partial charge in [-0.1, -0.05) is 69.9 Å². The molecule has 0 radical (unpaired) electrons. The van der Waals surface area contributed by atoms with Gasteiger partial charge in [0.2, 0.25) is 5.91 Å². The van der Waals surface area contributed by atoms with Crippen molar-refractivity contribution in [3.8, 4) is 0 Å². The van der Waals surface area contributed by atoms with Gasteiger partial charge in [0.25, 0.3) is 10.0 Å². The molecule has 40 heavy (non-hydrogen) atoms. The van der Waals surface area contributed by atoms with Crippen molar-refractivity contribution in [3.05, 3.63) is 41.5 Å². The van der Waals surface area contributed by atoms with Crippen molar-refractivity contribution in [1.29, 1.82) is 0 Å². The first-order valence-corrected chi connectivity index (χ1v) is 17.2. The van der Waals surface area contributed by atoms with Crippen LogP contribution in [0.25, 0.3) is 0 Å². The number of hydrogen-bond acceptors (Lipinski definition) is 4. The van der Waals surface area contributed by atoms with Crippen LogP contribution in [0.15, 0.2) is 40.8 Å². The number of aryl methyl sites for hydroxylation is 1. The number of Topliss-reactive ketones (excluding diaryl/α,β-unsaturated/α-hetero) is 1. The van der Waals surface area contributed by atoms with E-state index in [0.29, 0.717) is 52.6 Å². The van der Waals surface area contributed by atoms with E-state index in [4.69, 9.17) is 0 Å². The van der Waals surface area contributed by atoms with Crippen LogP contribution >= 0.6 is 0 Å². The van der Waals surface area contributed by atoms with Crippen LogP contribution < -0.4 is 4.72 Å². The molecule has 3 saturated carbocycles. The quantitative estimate of drug-likeness (QED) is 0.332. The van der Waals surface area contributed by atoms with Crippen LogP contribution in [0.3, 0.4) is 0 Å². The van der Waals surface area contributed by atoms with Crippen LogP contribution in [-0.2, 0) is 19.6 Å². The number of ketones is 1. The molecule has 4 aliphatic carbocycles. The molecule has 1 aromatic carbocycles. The van der Waals surface area contributed by atoms with Crippen LogP contribution in [0.1, 0.15) is 104 Å². The molecule has 1 unspecified atom stereocenters. The highest BCUT2D eigenvalue weighted by atomic mass is 32.2. The molecule has 3 fully saturated rings. The van der Waals surface area contributed by atoms with Crippen LogP contribution in [0.5, 0.6) is 0 Å². The summed E-state index contributed by atoms with van der Waals surface area (Å²) in [5.74, 6) is 2.83. The smallest absolute Gasteiger partial charge is 0.264 e. The highest BCUT2D eigenvalue weighted by Crippen LogP contribution is 2.66. The summed E-state index contributed by atoms with van der Waals surface area (Å²) in [6, 6.07) is 6.56. The van der Waals surface area contributed by atoms with Crippen molar-refractivity contribution in [2.24, 2.45) is 46.3 Å². The third-order valence-corrected chi connectivity index (χ3v) is 13.3. The van der Waals surface area contributed by atoms with Gasteiger partial charge < -0.3 is 0 Å². The van der Waals surface area contributed by atoms with Crippen LogP contribution in [-0.4, -0.2) is 20.1 Å². The highest BCUT2D eigenvalue weighted by Gasteiger charge is 2.58. The lowest BCUT2D eigenvalue weighted by Crippen LogP contribution is -2.49. The zero-order chi connectivity index (χ0) is 28.9. The molecule has 1 N–H and O–H groups in total. The summed E-state index contributed by atoms with van der Waals surface area (Å²) in [7, 11) is -3.84. The van der Waals surface area contributed by atoms with Crippen LogP contribution in [0, 0.1) is 53.3 Å². The number of benzene rings is 1. The lowest BCUT2D eigenvalue weighted by molar-refractivity contribution is -0.127. The first kappa shape index (κ1) is 29.5. The summed E-state index contributed by atoms with van der Waals surface area (Å²) in [5.41, 5.74) is 3.34. The molecular weight excluding hydrogens is 518 g/mol. The SMILES string of the molecule is Cc1ccc(S(=O)(=O)NC(=O)[C@@H](C)CCC[C@@H](C)[C@H]2CC[C@H]3C4=CC[C@H]5CC(=O)CC[C@]5(C)C4CC[C@]23C)cc1. The fourth-order valence-corrected chi connectivity index (χ4v) is 10.4. The van der Waals surface area contributed by atoms with Crippen molar-refractivity contribution in [1.82, 2.24) is 4.72 Å². The molecule has 0 heterocycles. The van der Waals surface area contributed by atoms with Gasteiger partial charge in [-0.05, 0) is 104 Å².